The van der Waals surface area contributed by atoms with Crippen molar-refractivity contribution in [1.29, 1.82) is 0 Å². The van der Waals surface area contributed by atoms with Gasteiger partial charge in [-0.25, -0.2) is 13.1 Å². The van der Waals surface area contributed by atoms with Gasteiger partial charge in [0.05, 0.1) is 11.6 Å². The zero-order valence-corrected chi connectivity index (χ0v) is 13.1. The third-order valence-electron chi connectivity index (χ3n) is 2.57. The molecule has 0 amide bonds. The summed E-state index contributed by atoms with van der Waals surface area (Å²) >= 11 is 11.7. The van der Waals surface area contributed by atoms with Gasteiger partial charge in [0, 0.05) is 11.6 Å². The standard InChI is InChI=1S/C12H17Cl2NO3S/c1-8(2)3-4-15-19(17,18)12-5-9(7-16)10(13)6-11(12)14/h5-6,8,15-16H,3-4,7H2,1-2H3. The number of halogens is 2. The fraction of sp³-hybridized carbons (Fsp3) is 0.500. The van der Waals surface area contributed by atoms with Gasteiger partial charge >= 0.3 is 0 Å². The van der Waals surface area contributed by atoms with Gasteiger partial charge in [-0.1, -0.05) is 37.0 Å². The highest BCUT2D eigenvalue weighted by molar-refractivity contribution is 7.89. The highest BCUT2D eigenvalue weighted by Gasteiger charge is 2.19. The van der Waals surface area contributed by atoms with Gasteiger partial charge in [0.25, 0.3) is 0 Å². The summed E-state index contributed by atoms with van der Waals surface area (Å²) in [6.07, 6.45) is 0.733. The molecule has 19 heavy (non-hydrogen) atoms. The average Bonchev–Trinajstić information content (AvgIpc) is 2.27. The normalized spacial score (nSPS) is 12.1. The van der Waals surface area contributed by atoms with Crippen LogP contribution in [0.5, 0.6) is 0 Å². The molecule has 0 aromatic heterocycles. The number of hydrogen-bond donors (Lipinski definition) is 2. The molecular weight excluding hydrogens is 309 g/mol. The molecule has 0 bridgehead atoms. The summed E-state index contributed by atoms with van der Waals surface area (Å²) in [5, 5.41) is 9.39. The molecule has 1 aromatic rings. The van der Waals surface area contributed by atoms with Gasteiger partial charge in [0.1, 0.15) is 4.90 Å². The van der Waals surface area contributed by atoms with Crippen LogP contribution in [-0.4, -0.2) is 20.1 Å². The van der Waals surface area contributed by atoms with Crippen LogP contribution in [0.3, 0.4) is 0 Å². The molecular formula is C12H17Cl2NO3S. The first-order valence-corrected chi connectivity index (χ1v) is 8.10. The Kier molecular flexibility index (Phi) is 6.08. The van der Waals surface area contributed by atoms with E-state index in [4.69, 9.17) is 28.3 Å². The summed E-state index contributed by atoms with van der Waals surface area (Å²) in [5.41, 5.74) is 0.329. The van der Waals surface area contributed by atoms with Crippen molar-refractivity contribution in [3.63, 3.8) is 0 Å². The number of sulfonamides is 1. The number of aliphatic hydroxyl groups excluding tert-OH is 1. The summed E-state index contributed by atoms with van der Waals surface area (Å²) < 4.78 is 26.7. The van der Waals surface area contributed by atoms with Gasteiger partial charge < -0.3 is 5.11 Å². The van der Waals surface area contributed by atoms with Crippen molar-refractivity contribution in [3.8, 4) is 0 Å². The van der Waals surface area contributed by atoms with Crippen LogP contribution in [0.15, 0.2) is 17.0 Å². The topological polar surface area (TPSA) is 66.4 Å². The Morgan fingerprint density at radius 3 is 2.42 bits per heavy atom. The zero-order valence-electron chi connectivity index (χ0n) is 10.8. The van der Waals surface area contributed by atoms with E-state index in [0.717, 1.165) is 6.42 Å². The summed E-state index contributed by atoms with van der Waals surface area (Å²) in [6, 6.07) is 2.62. The largest absolute Gasteiger partial charge is 0.392 e. The van der Waals surface area contributed by atoms with Crippen LogP contribution < -0.4 is 4.72 Å². The van der Waals surface area contributed by atoms with E-state index in [0.29, 0.717) is 18.0 Å². The molecule has 0 aliphatic carbocycles. The quantitative estimate of drug-likeness (QED) is 0.845. The van der Waals surface area contributed by atoms with Gasteiger partial charge in [-0.15, -0.1) is 0 Å². The Bertz CT molecular complexity index is 544. The van der Waals surface area contributed by atoms with E-state index < -0.39 is 10.0 Å². The third-order valence-corrected chi connectivity index (χ3v) is 4.85. The molecule has 0 aliphatic rings. The summed E-state index contributed by atoms with van der Waals surface area (Å²) in [6.45, 7) is 4.01. The van der Waals surface area contributed by atoms with Gasteiger partial charge in [-0.05, 0) is 30.0 Å². The first-order chi connectivity index (χ1) is 8.77. The Labute approximate surface area is 123 Å². The smallest absolute Gasteiger partial charge is 0.242 e. The van der Waals surface area contributed by atoms with E-state index in [2.05, 4.69) is 4.72 Å². The molecule has 0 fully saturated rings. The molecule has 1 rings (SSSR count). The SMILES string of the molecule is CC(C)CCNS(=O)(=O)c1cc(CO)c(Cl)cc1Cl. The van der Waals surface area contributed by atoms with Crippen molar-refractivity contribution in [3.05, 3.63) is 27.7 Å². The fourth-order valence-corrected chi connectivity index (χ4v) is 3.36. The number of aliphatic hydroxyl groups is 1. The zero-order chi connectivity index (χ0) is 14.6. The molecule has 0 saturated heterocycles. The van der Waals surface area contributed by atoms with Crippen molar-refractivity contribution in [1.82, 2.24) is 4.72 Å². The first kappa shape index (κ1) is 16.7. The van der Waals surface area contributed by atoms with Crippen molar-refractivity contribution in [2.75, 3.05) is 6.54 Å². The van der Waals surface area contributed by atoms with E-state index in [9.17, 15) is 8.42 Å². The maximum atomic E-state index is 12.1. The molecule has 0 heterocycles. The van der Waals surface area contributed by atoms with E-state index >= 15 is 0 Å². The van der Waals surface area contributed by atoms with Crippen molar-refractivity contribution in [2.45, 2.75) is 31.8 Å². The molecule has 2 N–H and O–H groups in total. The van der Waals surface area contributed by atoms with Gasteiger partial charge in [-0.2, -0.15) is 0 Å². The first-order valence-electron chi connectivity index (χ1n) is 5.86. The van der Waals surface area contributed by atoms with Gasteiger partial charge in [0.15, 0.2) is 0 Å². The maximum Gasteiger partial charge on any atom is 0.242 e. The number of nitrogens with one attached hydrogen (secondary N) is 1. The second-order valence-corrected chi connectivity index (χ2v) is 7.16. The van der Waals surface area contributed by atoms with E-state index in [1.54, 1.807) is 0 Å². The molecule has 1 aromatic carbocycles. The maximum absolute atomic E-state index is 12.1. The van der Waals surface area contributed by atoms with Crippen molar-refractivity contribution < 1.29 is 13.5 Å². The highest BCUT2D eigenvalue weighted by Crippen LogP contribution is 2.28. The Morgan fingerprint density at radius 2 is 1.89 bits per heavy atom. The van der Waals surface area contributed by atoms with Gasteiger partial charge in [0.2, 0.25) is 10.0 Å². The van der Waals surface area contributed by atoms with Gasteiger partial charge in [-0.3, -0.25) is 0 Å². The van der Waals surface area contributed by atoms with Crippen molar-refractivity contribution in [2.24, 2.45) is 5.92 Å². The van der Waals surface area contributed by atoms with Crippen molar-refractivity contribution >= 4 is 33.2 Å². The third kappa shape index (κ3) is 4.61. The monoisotopic (exact) mass is 325 g/mol. The second kappa shape index (κ2) is 6.90. The molecule has 0 unspecified atom stereocenters. The second-order valence-electron chi connectivity index (χ2n) is 4.61. The molecule has 0 saturated carbocycles. The lowest BCUT2D eigenvalue weighted by Gasteiger charge is -2.11. The van der Waals surface area contributed by atoms with Crippen LogP contribution >= 0.6 is 23.2 Å². The van der Waals surface area contributed by atoms with Crippen LogP contribution in [0.1, 0.15) is 25.8 Å². The molecule has 0 radical (unpaired) electrons. The van der Waals surface area contributed by atoms with E-state index in [1.807, 2.05) is 13.8 Å². The number of benzene rings is 1. The van der Waals surface area contributed by atoms with Crippen LogP contribution in [0.4, 0.5) is 0 Å². The lowest BCUT2D eigenvalue weighted by molar-refractivity contribution is 0.281. The average molecular weight is 326 g/mol. The fourth-order valence-electron chi connectivity index (χ4n) is 1.46. The molecule has 0 atom stereocenters. The minimum absolute atomic E-state index is 0.0410. The molecule has 0 spiro atoms. The highest BCUT2D eigenvalue weighted by atomic mass is 35.5. The summed E-state index contributed by atoms with van der Waals surface area (Å²) in [5.74, 6) is 0.399. The predicted octanol–water partition coefficient (Wildman–Crippen LogP) is 2.81. The van der Waals surface area contributed by atoms with E-state index in [1.165, 1.54) is 12.1 Å². The predicted molar refractivity (Wildman–Crippen MR) is 77.0 cm³/mol. The van der Waals surface area contributed by atoms with Crippen LogP contribution in [0.25, 0.3) is 0 Å². The molecule has 4 nitrogen and oxygen atoms in total. The van der Waals surface area contributed by atoms with Crippen LogP contribution in [0, 0.1) is 5.92 Å². The van der Waals surface area contributed by atoms with E-state index in [-0.39, 0.29) is 21.5 Å². The lowest BCUT2D eigenvalue weighted by Crippen LogP contribution is -2.26. The summed E-state index contributed by atoms with van der Waals surface area (Å²) in [4.78, 5) is -0.0635. The molecule has 7 heteroatoms. The summed E-state index contributed by atoms with van der Waals surface area (Å²) in [7, 11) is -3.69. The minimum Gasteiger partial charge on any atom is -0.392 e. The molecule has 0 aliphatic heterocycles. The lowest BCUT2D eigenvalue weighted by atomic mass is 10.1. The van der Waals surface area contributed by atoms with Crippen LogP contribution in [-0.2, 0) is 16.6 Å². The Balaban J connectivity index is 3.01. The Morgan fingerprint density at radius 1 is 1.26 bits per heavy atom. The molecule has 108 valence electrons. The Hall–Kier alpha value is -0.330. The minimum atomic E-state index is -3.69. The van der Waals surface area contributed by atoms with Crippen LogP contribution in [0.2, 0.25) is 10.0 Å². The number of hydrogen-bond acceptors (Lipinski definition) is 3. The number of rotatable bonds is 6.